The number of hydrogen-bond donors (Lipinski definition) is 1. The number of oxazole rings is 1. The van der Waals surface area contributed by atoms with Crippen LogP contribution in [-0.4, -0.2) is 15.9 Å². The number of carbonyl (C=O) groups excluding carboxylic acids is 1. The molecule has 16 heavy (non-hydrogen) atoms. The number of hydrogen-bond acceptors (Lipinski definition) is 4. The predicted octanol–water partition coefficient (Wildman–Crippen LogP) is 2.28. The summed E-state index contributed by atoms with van der Waals surface area (Å²) >= 11 is 5.84. The lowest BCUT2D eigenvalue weighted by Crippen LogP contribution is -2.12. The number of aryl methyl sites for hydroxylation is 1. The van der Waals surface area contributed by atoms with E-state index in [0.29, 0.717) is 10.7 Å². The van der Waals surface area contributed by atoms with Crippen molar-refractivity contribution in [3.05, 3.63) is 41.0 Å². The van der Waals surface area contributed by atoms with Crippen LogP contribution < -0.4 is 5.32 Å². The Morgan fingerprint density at radius 3 is 3.00 bits per heavy atom. The van der Waals surface area contributed by atoms with E-state index in [1.165, 1.54) is 24.7 Å². The molecule has 5 nitrogen and oxygen atoms in total. The smallest absolute Gasteiger partial charge is 0.301 e. The third kappa shape index (κ3) is 2.20. The van der Waals surface area contributed by atoms with Gasteiger partial charge in [-0.15, -0.1) is 0 Å². The second-order valence-corrected chi connectivity index (χ2v) is 3.51. The summed E-state index contributed by atoms with van der Waals surface area (Å²) in [6.45, 7) is 1.76. The molecular weight excluding hydrogens is 230 g/mol. The molecule has 2 aromatic heterocycles. The third-order valence-electron chi connectivity index (χ3n) is 1.85. The molecule has 82 valence electrons. The minimum Gasteiger partial charge on any atom is -0.432 e. The summed E-state index contributed by atoms with van der Waals surface area (Å²) in [4.78, 5) is 19.5. The third-order valence-corrected chi connectivity index (χ3v) is 2.18. The number of halogens is 1. The van der Waals surface area contributed by atoms with Gasteiger partial charge in [0, 0.05) is 12.4 Å². The predicted molar refractivity (Wildman–Crippen MR) is 58.4 cm³/mol. The van der Waals surface area contributed by atoms with Gasteiger partial charge in [-0.3, -0.25) is 15.1 Å². The van der Waals surface area contributed by atoms with Crippen LogP contribution in [0.4, 0.5) is 6.01 Å². The molecule has 0 bridgehead atoms. The summed E-state index contributed by atoms with van der Waals surface area (Å²) in [6.07, 6.45) is 4.34. The van der Waals surface area contributed by atoms with E-state index in [2.05, 4.69) is 15.3 Å². The van der Waals surface area contributed by atoms with E-state index >= 15 is 0 Å². The van der Waals surface area contributed by atoms with Crippen LogP contribution in [0.15, 0.2) is 29.1 Å². The average Bonchev–Trinajstić information content (AvgIpc) is 2.64. The lowest BCUT2D eigenvalue weighted by atomic mass is 10.3. The summed E-state index contributed by atoms with van der Waals surface area (Å²) < 4.78 is 4.99. The number of anilines is 1. The van der Waals surface area contributed by atoms with E-state index in [4.69, 9.17) is 16.0 Å². The van der Waals surface area contributed by atoms with Crippen molar-refractivity contribution in [3.8, 4) is 0 Å². The Bertz CT molecular complexity index is 524. The highest BCUT2D eigenvalue weighted by molar-refractivity contribution is 6.34. The maximum atomic E-state index is 11.7. The normalized spacial score (nSPS) is 10.1. The molecule has 2 rings (SSSR count). The molecule has 0 fully saturated rings. The highest BCUT2D eigenvalue weighted by Crippen LogP contribution is 2.15. The first-order chi connectivity index (χ1) is 7.66. The Morgan fingerprint density at radius 1 is 1.56 bits per heavy atom. The van der Waals surface area contributed by atoms with Gasteiger partial charge in [-0.2, -0.15) is 4.98 Å². The van der Waals surface area contributed by atoms with Crippen molar-refractivity contribution in [2.24, 2.45) is 0 Å². The number of carbonyl (C=O) groups is 1. The summed E-state index contributed by atoms with van der Waals surface area (Å²) in [6, 6.07) is 1.68. The first-order valence-corrected chi connectivity index (χ1v) is 4.87. The molecule has 0 radical (unpaired) electrons. The molecule has 0 aliphatic heterocycles. The van der Waals surface area contributed by atoms with Crippen molar-refractivity contribution >= 4 is 23.5 Å². The van der Waals surface area contributed by atoms with Crippen LogP contribution >= 0.6 is 11.6 Å². The molecular formula is C10H8ClN3O2. The standard InChI is InChI=1S/C10H8ClN3O2/c1-6-5-16-10(13-6)14-9(15)7-4-12-3-2-8(7)11/h2-5H,1H3,(H,13,14,15). The largest absolute Gasteiger partial charge is 0.432 e. The molecule has 0 unspecified atom stereocenters. The van der Waals surface area contributed by atoms with Crippen molar-refractivity contribution < 1.29 is 9.21 Å². The second kappa shape index (κ2) is 4.32. The van der Waals surface area contributed by atoms with Gasteiger partial charge < -0.3 is 4.42 Å². The number of amides is 1. The molecule has 0 saturated heterocycles. The van der Waals surface area contributed by atoms with Crippen molar-refractivity contribution in [1.29, 1.82) is 0 Å². The van der Waals surface area contributed by atoms with Crippen LogP contribution in [0.25, 0.3) is 0 Å². The lowest BCUT2D eigenvalue weighted by Gasteiger charge is -2.01. The Kier molecular flexibility index (Phi) is 2.87. The van der Waals surface area contributed by atoms with E-state index in [1.807, 2.05) is 0 Å². The molecule has 2 heterocycles. The van der Waals surface area contributed by atoms with Gasteiger partial charge in [0.05, 0.1) is 16.3 Å². The lowest BCUT2D eigenvalue weighted by molar-refractivity contribution is 0.102. The SMILES string of the molecule is Cc1coc(NC(=O)c2cnccc2Cl)n1. The summed E-state index contributed by atoms with van der Waals surface area (Å²) in [7, 11) is 0. The minimum atomic E-state index is -0.403. The Balaban J connectivity index is 2.18. The first kappa shape index (κ1) is 10.6. The summed E-state index contributed by atoms with van der Waals surface area (Å²) in [5, 5.41) is 2.81. The van der Waals surface area contributed by atoms with Crippen molar-refractivity contribution in [2.75, 3.05) is 5.32 Å². The number of rotatable bonds is 2. The van der Waals surface area contributed by atoms with E-state index in [0.717, 1.165) is 0 Å². The van der Waals surface area contributed by atoms with Crippen LogP contribution in [0.1, 0.15) is 16.1 Å². The zero-order chi connectivity index (χ0) is 11.5. The monoisotopic (exact) mass is 237 g/mol. The summed E-state index contributed by atoms with van der Waals surface area (Å²) in [5.41, 5.74) is 0.965. The maximum absolute atomic E-state index is 11.7. The van der Waals surface area contributed by atoms with Gasteiger partial charge in [-0.25, -0.2) is 0 Å². The van der Waals surface area contributed by atoms with Gasteiger partial charge in [0.1, 0.15) is 6.26 Å². The second-order valence-electron chi connectivity index (χ2n) is 3.10. The fraction of sp³-hybridized carbons (Fsp3) is 0.100. The van der Waals surface area contributed by atoms with Gasteiger partial charge in [0.15, 0.2) is 0 Å². The Morgan fingerprint density at radius 2 is 2.38 bits per heavy atom. The van der Waals surface area contributed by atoms with E-state index in [9.17, 15) is 4.79 Å². The van der Waals surface area contributed by atoms with E-state index < -0.39 is 5.91 Å². The fourth-order valence-electron chi connectivity index (χ4n) is 1.12. The van der Waals surface area contributed by atoms with Gasteiger partial charge in [-0.1, -0.05) is 11.6 Å². The van der Waals surface area contributed by atoms with Crippen molar-refractivity contribution in [3.63, 3.8) is 0 Å². The van der Waals surface area contributed by atoms with Crippen molar-refractivity contribution in [1.82, 2.24) is 9.97 Å². The molecule has 2 aromatic rings. The maximum Gasteiger partial charge on any atom is 0.301 e. The molecule has 1 N–H and O–H groups in total. The summed E-state index contributed by atoms with van der Waals surface area (Å²) in [5.74, 6) is -0.403. The highest BCUT2D eigenvalue weighted by Gasteiger charge is 2.12. The van der Waals surface area contributed by atoms with E-state index in [1.54, 1.807) is 6.92 Å². The number of nitrogens with zero attached hydrogens (tertiary/aromatic N) is 2. The number of nitrogens with one attached hydrogen (secondary N) is 1. The van der Waals surface area contributed by atoms with Gasteiger partial charge in [0.2, 0.25) is 0 Å². The van der Waals surface area contributed by atoms with Gasteiger partial charge in [0.25, 0.3) is 5.91 Å². The number of pyridine rings is 1. The Labute approximate surface area is 96.5 Å². The van der Waals surface area contributed by atoms with Gasteiger partial charge >= 0.3 is 6.01 Å². The highest BCUT2D eigenvalue weighted by atomic mass is 35.5. The Hall–Kier alpha value is -1.88. The molecule has 6 heteroatoms. The fourth-order valence-corrected chi connectivity index (χ4v) is 1.31. The minimum absolute atomic E-state index is 0.141. The van der Waals surface area contributed by atoms with Crippen LogP contribution in [0.2, 0.25) is 5.02 Å². The average molecular weight is 238 g/mol. The van der Waals surface area contributed by atoms with Gasteiger partial charge in [-0.05, 0) is 13.0 Å². The molecule has 0 atom stereocenters. The molecule has 0 spiro atoms. The topological polar surface area (TPSA) is 68.0 Å². The molecule has 1 amide bonds. The van der Waals surface area contributed by atoms with Crippen LogP contribution in [0.5, 0.6) is 0 Å². The van der Waals surface area contributed by atoms with Crippen LogP contribution in [-0.2, 0) is 0 Å². The quantitative estimate of drug-likeness (QED) is 0.870. The first-order valence-electron chi connectivity index (χ1n) is 4.50. The molecule has 0 aliphatic rings. The van der Waals surface area contributed by atoms with Crippen molar-refractivity contribution in [2.45, 2.75) is 6.92 Å². The number of aromatic nitrogens is 2. The van der Waals surface area contributed by atoms with Crippen LogP contribution in [0.3, 0.4) is 0 Å². The molecule has 0 saturated carbocycles. The zero-order valence-electron chi connectivity index (χ0n) is 8.40. The zero-order valence-corrected chi connectivity index (χ0v) is 9.15. The van der Waals surface area contributed by atoms with E-state index in [-0.39, 0.29) is 11.6 Å². The molecule has 0 aliphatic carbocycles. The molecule has 0 aromatic carbocycles. The van der Waals surface area contributed by atoms with Crippen LogP contribution in [0, 0.1) is 6.92 Å².